The zero-order valence-corrected chi connectivity index (χ0v) is 12.0. The predicted molar refractivity (Wildman–Crippen MR) is 75.8 cm³/mol. The average molecular weight is 292 g/mol. The van der Waals surface area contributed by atoms with E-state index < -0.39 is 12.0 Å². The first-order chi connectivity index (χ1) is 10.1. The Hall–Kier alpha value is -1.95. The Bertz CT molecular complexity index is 495. The summed E-state index contributed by atoms with van der Waals surface area (Å²) >= 11 is 0. The summed E-state index contributed by atoms with van der Waals surface area (Å²) in [7, 11) is 0. The zero-order valence-electron chi connectivity index (χ0n) is 12.0. The Morgan fingerprint density at radius 2 is 2.14 bits per heavy atom. The molecule has 1 unspecified atom stereocenters. The fourth-order valence-corrected chi connectivity index (χ4v) is 2.44. The number of pyridine rings is 1. The summed E-state index contributed by atoms with van der Waals surface area (Å²) in [6.45, 7) is 2.97. The maximum absolute atomic E-state index is 12.0. The van der Waals surface area contributed by atoms with Gasteiger partial charge in [0.05, 0.1) is 6.42 Å². The van der Waals surface area contributed by atoms with Gasteiger partial charge in [-0.15, -0.1) is 0 Å². The predicted octanol–water partition coefficient (Wildman–Crippen LogP) is 0.929. The topological polar surface area (TPSA) is 88.5 Å². The minimum Gasteiger partial charge on any atom is -0.480 e. The van der Waals surface area contributed by atoms with Crippen molar-refractivity contribution in [3.8, 4) is 0 Å². The van der Waals surface area contributed by atoms with Gasteiger partial charge in [-0.25, -0.2) is 4.79 Å². The van der Waals surface area contributed by atoms with Crippen molar-refractivity contribution in [2.75, 3.05) is 13.2 Å². The maximum atomic E-state index is 12.0. The number of hydrogen-bond donors (Lipinski definition) is 2. The summed E-state index contributed by atoms with van der Waals surface area (Å²) in [4.78, 5) is 27.5. The van der Waals surface area contributed by atoms with E-state index >= 15 is 0 Å². The number of aromatic nitrogens is 1. The van der Waals surface area contributed by atoms with Crippen molar-refractivity contribution in [3.63, 3.8) is 0 Å². The van der Waals surface area contributed by atoms with Gasteiger partial charge in [-0.3, -0.25) is 9.78 Å². The molecule has 21 heavy (non-hydrogen) atoms. The lowest BCUT2D eigenvalue weighted by Crippen LogP contribution is -2.48. The van der Waals surface area contributed by atoms with Crippen LogP contribution in [0.5, 0.6) is 0 Å². The van der Waals surface area contributed by atoms with Crippen LogP contribution in [0.3, 0.4) is 0 Å². The van der Waals surface area contributed by atoms with Crippen molar-refractivity contribution in [1.29, 1.82) is 0 Å². The van der Waals surface area contributed by atoms with Crippen LogP contribution in [-0.4, -0.2) is 41.2 Å². The van der Waals surface area contributed by atoms with Gasteiger partial charge in [0.15, 0.2) is 0 Å². The molecule has 2 heterocycles. The van der Waals surface area contributed by atoms with E-state index in [1.165, 1.54) is 0 Å². The van der Waals surface area contributed by atoms with Crippen molar-refractivity contribution >= 4 is 11.9 Å². The van der Waals surface area contributed by atoms with Gasteiger partial charge in [-0.2, -0.15) is 0 Å². The van der Waals surface area contributed by atoms with E-state index in [0.29, 0.717) is 26.1 Å². The number of aryl methyl sites for hydroxylation is 1. The molecule has 0 spiro atoms. The number of nitrogens with zero attached hydrogens (tertiary/aromatic N) is 1. The van der Waals surface area contributed by atoms with Crippen LogP contribution >= 0.6 is 0 Å². The molecular weight excluding hydrogens is 272 g/mol. The highest BCUT2D eigenvalue weighted by atomic mass is 16.5. The first-order valence-corrected chi connectivity index (χ1v) is 7.07. The first-order valence-electron chi connectivity index (χ1n) is 7.07. The van der Waals surface area contributed by atoms with Crippen molar-refractivity contribution in [3.05, 3.63) is 29.6 Å². The van der Waals surface area contributed by atoms with Gasteiger partial charge >= 0.3 is 5.97 Å². The van der Waals surface area contributed by atoms with Crippen LogP contribution in [0, 0.1) is 12.8 Å². The number of carboxylic acid groups (broad SMARTS) is 1. The number of nitrogens with one attached hydrogen (secondary N) is 1. The Labute approximate surface area is 123 Å². The van der Waals surface area contributed by atoms with Crippen molar-refractivity contribution < 1.29 is 19.4 Å². The number of carbonyl (C=O) groups excluding carboxylic acids is 1. The number of amides is 1. The Kier molecular flexibility index (Phi) is 5.27. The molecule has 0 aromatic carbocycles. The molecule has 114 valence electrons. The SMILES string of the molecule is Cc1ccc(CC(=O)NC(C(=O)O)C2CCOCC2)cn1. The highest BCUT2D eigenvalue weighted by Crippen LogP contribution is 2.19. The molecule has 1 aliphatic rings. The van der Waals surface area contributed by atoms with E-state index in [0.717, 1.165) is 11.3 Å². The largest absolute Gasteiger partial charge is 0.480 e. The summed E-state index contributed by atoms with van der Waals surface area (Å²) in [5.74, 6) is -1.35. The lowest BCUT2D eigenvalue weighted by molar-refractivity contribution is -0.144. The van der Waals surface area contributed by atoms with Crippen LogP contribution in [-0.2, 0) is 20.7 Å². The molecule has 1 saturated heterocycles. The average Bonchev–Trinajstić information content (AvgIpc) is 2.48. The molecule has 0 radical (unpaired) electrons. The minimum atomic E-state index is -0.989. The van der Waals surface area contributed by atoms with Gasteiger partial charge in [-0.1, -0.05) is 6.07 Å². The lowest BCUT2D eigenvalue weighted by atomic mass is 9.91. The minimum absolute atomic E-state index is 0.0728. The molecule has 1 aromatic rings. The maximum Gasteiger partial charge on any atom is 0.326 e. The number of ether oxygens (including phenoxy) is 1. The molecule has 0 saturated carbocycles. The third-order valence-corrected chi connectivity index (χ3v) is 3.66. The van der Waals surface area contributed by atoms with Crippen LogP contribution in [0.15, 0.2) is 18.3 Å². The summed E-state index contributed by atoms with van der Waals surface area (Å²) in [6, 6.07) is 2.81. The molecule has 1 atom stereocenters. The van der Waals surface area contributed by atoms with Gasteiger partial charge in [0.1, 0.15) is 6.04 Å². The van der Waals surface area contributed by atoms with E-state index in [9.17, 15) is 14.7 Å². The third-order valence-electron chi connectivity index (χ3n) is 3.66. The fraction of sp³-hybridized carbons (Fsp3) is 0.533. The van der Waals surface area contributed by atoms with Crippen LogP contribution in [0.4, 0.5) is 0 Å². The van der Waals surface area contributed by atoms with E-state index in [1.54, 1.807) is 6.20 Å². The number of rotatable bonds is 5. The van der Waals surface area contributed by atoms with Crippen molar-refractivity contribution in [2.24, 2.45) is 5.92 Å². The smallest absolute Gasteiger partial charge is 0.326 e. The monoisotopic (exact) mass is 292 g/mol. The molecule has 0 bridgehead atoms. The van der Waals surface area contributed by atoms with Crippen molar-refractivity contribution in [2.45, 2.75) is 32.2 Å². The molecule has 2 rings (SSSR count). The van der Waals surface area contributed by atoms with Gasteiger partial charge in [0.2, 0.25) is 5.91 Å². The van der Waals surface area contributed by atoms with Crippen LogP contribution in [0.2, 0.25) is 0 Å². The molecule has 6 nitrogen and oxygen atoms in total. The number of aliphatic carboxylic acids is 1. The van der Waals surface area contributed by atoms with E-state index in [4.69, 9.17) is 4.74 Å². The normalized spacial score (nSPS) is 17.2. The first kappa shape index (κ1) is 15.4. The molecular formula is C15H20N2O4. The Balaban J connectivity index is 1.94. The second-order valence-electron chi connectivity index (χ2n) is 5.32. The van der Waals surface area contributed by atoms with Crippen LogP contribution in [0.1, 0.15) is 24.1 Å². The van der Waals surface area contributed by atoms with Crippen LogP contribution in [0.25, 0.3) is 0 Å². The molecule has 6 heteroatoms. The summed E-state index contributed by atoms with van der Waals surface area (Å²) in [5, 5.41) is 11.9. The van der Waals surface area contributed by atoms with Crippen molar-refractivity contribution in [1.82, 2.24) is 10.3 Å². The van der Waals surface area contributed by atoms with Gasteiger partial charge < -0.3 is 15.2 Å². The fourth-order valence-electron chi connectivity index (χ4n) is 2.44. The number of carbonyl (C=O) groups is 2. The second-order valence-corrected chi connectivity index (χ2v) is 5.32. The van der Waals surface area contributed by atoms with E-state index in [2.05, 4.69) is 10.3 Å². The number of carboxylic acids is 1. The number of hydrogen-bond acceptors (Lipinski definition) is 4. The van der Waals surface area contributed by atoms with Gasteiger partial charge in [0.25, 0.3) is 0 Å². The lowest BCUT2D eigenvalue weighted by Gasteiger charge is -2.28. The quantitative estimate of drug-likeness (QED) is 0.842. The molecule has 2 N–H and O–H groups in total. The standard InChI is InChI=1S/C15H20N2O4/c1-10-2-3-11(9-16-10)8-13(18)17-14(15(19)20)12-4-6-21-7-5-12/h2-3,9,12,14H,4-8H2,1H3,(H,17,18)(H,19,20). The van der Waals surface area contributed by atoms with E-state index in [1.807, 2.05) is 19.1 Å². The third kappa shape index (κ3) is 4.53. The highest BCUT2D eigenvalue weighted by Gasteiger charge is 2.30. The van der Waals surface area contributed by atoms with Crippen LogP contribution < -0.4 is 5.32 Å². The highest BCUT2D eigenvalue weighted by molar-refractivity contribution is 5.85. The van der Waals surface area contributed by atoms with E-state index in [-0.39, 0.29) is 18.2 Å². The Morgan fingerprint density at radius 3 is 2.71 bits per heavy atom. The molecule has 1 fully saturated rings. The van der Waals surface area contributed by atoms with Gasteiger partial charge in [-0.05, 0) is 37.3 Å². The summed E-state index contributed by atoms with van der Waals surface area (Å²) in [5.41, 5.74) is 1.65. The van der Waals surface area contributed by atoms with Gasteiger partial charge in [0, 0.05) is 25.1 Å². The molecule has 1 amide bonds. The zero-order chi connectivity index (χ0) is 15.2. The molecule has 1 aromatic heterocycles. The Morgan fingerprint density at radius 1 is 1.43 bits per heavy atom. The summed E-state index contributed by atoms with van der Waals surface area (Å²) < 4.78 is 5.23. The second kappa shape index (κ2) is 7.17. The molecule has 1 aliphatic heterocycles. The summed E-state index contributed by atoms with van der Waals surface area (Å²) in [6.07, 6.45) is 3.09. The molecule has 0 aliphatic carbocycles.